The standard InChI is InChI=1S/C11H12ClN3O6/c1-3-13-11(19)14(2)10(18)7-5(12)4-6(16)9(17)8(7)15(20)21/h4,16-17H,3H2,1-2H3,(H,13,19). The molecule has 1 aromatic rings. The number of carbonyl (C=O) groups excluding carboxylic acids is 2. The van der Waals surface area contributed by atoms with Crippen molar-refractivity contribution < 1.29 is 24.7 Å². The molecule has 0 saturated carbocycles. The average Bonchev–Trinajstić information content (AvgIpc) is 2.40. The minimum Gasteiger partial charge on any atom is -0.504 e. The fraction of sp³-hybridized carbons (Fsp3) is 0.273. The lowest BCUT2D eigenvalue weighted by Crippen LogP contribution is -2.41. The summed E-state index contributed by atoms with van der Waals surface area (Å²) in [6, 6.07) is -0.0108. The van der Waals surface area contributed by atoms with Crippen molar-refractivity contribution in [2.24, 2.45) is 0 Å². The zero-order valence-corrected chi connectivity index (χ0v) is 11.8. The highest BCUT2D eigenvalue weighted by Crippen LogP contribution is 2.42. The molecule has 0 aliphatic rings. The van der Waals surface area contributed by atoms with Crippen molar-refractivity contribution in [1.82, 2.24) is 10.2 Å². The van der Waals surface area contributed by atoms with Crippen LogP contribution in [0, 0.1) is 10.1 Å². The van der Waals surface area contributed by atoms with E-state index < -0.39 is 44.6 Å². The predicted octanol–water partition coefficient (Wildman–Crippen LogP) is 1.46. The first-order chi connectivity index (χ1) is 9.72. The maximum absolute atomic E-state index is 12.2. The molecule has 21 heavy (non-hydrogen) atoms. The SMILES string of the molecule is CCNC(=O)N(C)C(=O)c1c(Cl)cc(O)c(O)c1[N+](=O)[O-]. The van der Waals surface area contributed by atoms with Gasteiger partial charge >= 0.3 is 11.7 Å². The molecule has 0 fully saturated rings. The Morgan fingerprint density at radius 2 is 2.05 bits per heavy atom. The van der Waals surface area contributed by atoms with Crippen LogP contribution in [0.5, 0.6) is 11.5 Å². The lowest BCUT2D eigenvalue weighted by molar-refractivity contribution is -0.386. The molecule has 10 heteroatoms. The van der Waals surface area contributed by atoms with E-state index in [1.165, 1.54) is 0 Å². The number of halogens is 1. The number of nitro groups is 1. The molecule has 0 atom stereocenters. The number of hydrogen-bond acceptors (Lipinski definition) is 6. The van der Waals surface area contributed by atoms with Gasteiger partial charge in [0.1, 0.15) is 5.56 Å². The largest absolute Gasteiger partial charge is 0.504 e. The van der Waals surface area contributed by atoms with Gasteiger partial charge in [-0.05, 0) is 6.92 Å². The molecule has 0 heterocycles. The molecule has 0 aromatic heterocycles. The minimum absolute atomic E-state index is 0.243. The van der Waals surface area contributed by atoms with Crippen molar-refractivity contribution in [1.29, 1.82) is 0 Å². The predicted molar refractivity (Wildman–Crippen MR) is 72.6 cm³/mol. The Morgan fingerprint density at radius 1 is 1.48 bits per heavy atom. The van der Waals surface area contributed by atoms with E-state index in [9.17, 15) is 29.9 Å². The van der Waals surface area contributed by atoms with Crippen LogP contribution in [-0.4, -0.2) is 45.6 Å². The number of hydrogen-bond donors (Lipinski definition) is 3. The van der Waals surface area contributed by atoms with Crippen molar-refractivity contribution in [3.63, 3.8) is 0 Å². The number of imide groups is 1. The monoisotopic (exact) mass is 317 g/mol. The van der Waals surface area contributed by atoms with Crippen molar-refractivity contribution >= 4 is 29.2 Å². The van der Waals surface area contributed by atoms with Crippen LogP contribution in [0.4, 0.5) is 10.5 Å². The summed E-state index contributed by atoms with van der Waals surface area (Å²) in [6.07, 6.45) is 0. The van der Waals surface area contributed by atoms with Gasteiger partial charge in [-0.25, -0.2) is 4.79 Å². The van der Waals surface area contributed by atoms with E-state index in [4.69, 9.17) is 11.6 Å². The third kappa shape index (κ3) is 3.14. The molecule has 0 aliphatic heterocycles. The zero-order chi connectivity index (χ0) is 16.3. The fourth-order valence-corrected chi connectivity index (χ4v) is 1.80. The Balaban J connectivity index is 3.42. The molecule has 1 aromatic carbocycles. The molecular formula is C11H12ClN3O6. The molecule has 9 nitrogen and oxygen atoms in total. The number of urea groups is 1. The fourth-order valence-electron chi connectivity index (χ4n) is 1.52. The lowest BCUT2D eigenvalue weighted by Gasteiger charge is -2.16. The Kier molecular flexibility index (Phi) is 4.93. The van der Waals surface area contributed by atoms with E-state index in [1.807, 2.05) is 0 Å². The number of amides is 3. The van der Waals surface area contributed by atoms with Crippen LogP contribution >= 0.6 is 11.6 Å². The molecule has 114 valence electrons. The van der Waals surface area contributed by atoms with Crippen LogP contribution in [0.1, 0.15) is 17.3 Å². The second-order valence-electron chi connectivity index (χ2n) is 3.91. The molecule has 0 spiro atoms. The first-order valence-corrected chi connectivity index (χ1v) is 6.04. The highest BCUT2D eigenvalue weighted by Gasteiger charge is 2.33. The van der Waals surface area contributed by atoms with Crippen molar-refractivity contribution in [3.05, 3.63) is 26.8 Å². The van der Waals surface area contributed by atoms with Crippen LogP contribution in [0.3, 0.4) is 0 Å². The lowest BCUT2D eigenvalue weighted by atomic mass is 10.1. The average molecular weight is 318 g/mol. The second kappa shape index (κ2) is 6.27. The molecule has 1 rings (SSSR count). The van der Waals surface area contributed by atoms with Gasteiger partial charge in [-0.15, -0.1) is 0 Å². The third-order valence-electron chi connectivity index (χ3n) is 2.54. The van der Waals surface area contributed by atoms with E-state index in [-0.39, 0.29) is 6.54 Å². The summed E-state index contributed by atoms with van der Waals surface area (Å²) < 4.78 is 0. The van der Waals surface area contributed by atoms with Crippen LogP contribution < -0.4 is 5.32 Å². The van der Waals surface area contributed by atoms with Crippen LogP contribution in [-0.2, 0) is 0 Å². The van der Waals surface area contributed by atoms with Gasteiger partial charge in [0.05, 0.1) is 9.95 Å². The number of nitrogens with zero attached hydrogens (tertiary/aromatic N) is 2. The molecule has 3 amide bonds. The summed E-state index contributed by atoms with van der Waals surface area (Å²) in [5.74, 6) is -3.03. The van der Waals surface area contributed by atoms with Crippen LogP contribution in [0.25, 0.3) is 0 Å². The summed E-state index contributed by atoms with van der Waals surface area (Å²) in [6.45, 7) is 1.87. The topological polar surface area (TPSA) is 133 Å². The van der Waals surface area contributed by atoms with Crippen molar-refractivity contribution in [2.75, 3.05) is 13.6 Å². The molecule has 3 N–H and O–H groups in total. The Labute approximate surface area is 123 Å². The smallest absolute Gasteiger partial charge is 0.328 e. The van der Waals surface area contributed by atoms with E-state index in [2.05, 4.69) is 5.32 Å². The highest BCUT2D eigenvalue weighted by atomic mass is 35.5. The summed E-state index contributed by atoms with van der Waals surface area (Å²) >= 11 is 5.72. The maximum Gasteiger partial charge on any atom is 0.328 e. The van der Waals surface area contributed by atoms with Gasteiger partial charge in [-0.2, -0.15) is 0 Å². The Morgan fingerprint density at radius 3 is 2.52 bits per heavy atom. The molecular weight excluding hydrogens is 306 g/mol. The quantitative estimate of drug-likeness (QED) is 0.439. The number of nitro benzene ring substituents is 1. The first kappa shape index (κ1) is 16.5. The number of phenolic OH excluding ortho intramolecular Hbond substituents is 2. The van der Waals surface area contributed by atoms with Crippen LogP contribution in [0.15, 0.2) is 6.07 Å². The van der Waals surface area contributed by atoms with Gasteiger partial charge in [-0.1, -0.05) is 11.6 Å². The van der Waals surface area contributed by atoms with Gasteiger partial charge in [0.2, 0.25) is 5.75 Å². The Hall–Kier alpha value is -2.55. The van der Waals surface area contributed by atoms with Gasteiger partial charge in [0, 0.05) is 19.7 Å². The van der Waals surface area contributed by atoms with E-state index in [0.29, 0.717) is 4.90 Å². The maximum atomic E-state index is 12.2. The second-order valence-corrected chi connectivity index (χ2v) is 4.31. The first-order valence-electron chi connectivity index (χ1n) is 5.67. The number of nitrogens with one attached hydrogen (secondary N) is 1. The van der Waals surface area contributed by atoms with Gasteiger partial charge in [0.15, 0.2) is 5.75 Å². The number of benzene rings is 1. The zero-order valence-electron chi connectivity index (χ0n) is 11.1. The number of rotatable bonds is 3. The number of aromatic hydroxyl groups is 2. The summed E-state index contributed by atoms with van der Waals surface area (Å²) in [7, 11) is 1.09. The van der Waals surface area contributed by atoms with Gasteiger partial charge < -0.3 is 15.5 Å². The summed E-state index contributed by atoms with van der Waals surface area (Å²) in [4.78, 5) is 34.2. The number of phenols is 2. The van der Waals surface area contributed by atoms with Gasteiger partial charge in [0.25, 0.3) is 5.91 Å². The highest BCUT2D eigenvalue weighted by molar-refractivity contribution is 6.35. The molecule has 0 unspecified atom stereocenters. The van der Waals surface area contributed by atoms with E-state index in [1.54, 1.807) is 6.92 Å². The molecule has 0 saturated heterocycles. The third-order valence-corrected chi connectivity index (χ3v) is 2.84. The molecule has 0 radical (unpaired) electrons. The Bertz CT molecular complexity index is 618. The van der Waals surface area contributed by atoms with E-state index in [0.717, 1.165) is 13.1 Å². The van der Waals surface area contributed by atoms with Crippen LogP contribution in [0.2, 0.25) is 5.02 Å². The van der Waals surface area contributed by atoms with Crippen molar-refractivity contribution in [3.8, 4) is 11.5 Å². The van der Waals surface area contributed by atoms with Gasteiger partial charge in [-0.3, -0.25) is 19.8 Å². The van der Waals surface area contributed by atoms with E-state index >= 15 is 0 Å². The summed E-state index contributed by atoms with van der Waals surface area (Å²) in [5, 5.41) is 31.7. The van der Waals surface area contributed by atoms with Crippen molar-refractivity contribution in [2.45, 2.75) is 6.92 Å². The summed E-state index contributed by atoms with van der Waals surface area (Å²) in [5.41, 5.74) is -1.76. The number of carbonyl (C=O) groups is 2. The minimum atomic E-state index is -1.10. The normalized spacial score (nSPS) is 10.0. The molecule has 0 aliphatic carbocycles. The molecule has 0 bridgehead atoms.